The Morgan fingerprint density at radius 2 is 1.03 bits per heavy atom. The summed E-state index contributed by atoms with van der Waals surface area (Å²) in [6.45, 7) is 0.203. The number of carboxylic acids is 2. The van der Waals surface area contributed by atoms with Crippen LogP contribution in [-0.2, 0) is 9.59 Å². The molecule has 2 rings (SSSR count). The van der Waals surface area contributed by atoms with E-state index in [9.17, 15) is 14.4 Å². The molecule has 0 bridgehead atoms. The van der Waals surface area contributed by atoms with Crippen molar-refractivity contribution < 1.29 is 24.6 Å². The van der Waals surface area contributed by atoms with Gasteiger partial charge in [0.1, 0.15) is 0 Å². The highest BCUT2D eigenvalue weighted by Crippen LogP contribution is 2.22. The van der Waals surface area contributed by atoms with Gasteiger partial charge in [-0.2, -0.15) is 0 Å². The van der Waals surface area contributed by atoms with E-state index in [4.69, 9.17) is 33.4 Å². The Morgan fingerprint density at radius 1 is 0.700 bits per heavy atom. The highest BCUT2D eigenvalue weighted by molar-refractivity contribution is 6.30. The number of aliphatic carboxylic acids is 2. The van der Waals surface area contributed by atoms with Crippen LogP contribution in [0.1, 0.15) is 35.8 Å². The van der Waals surface area contributed by atoms with Crippen LogP contribution in [-0.4, -0.2) is 41.3 Å². The van der Waals surface area contributed by atoms with E-state index in [0.717, 1.165) is 11.1 Å². The van der Waals surface area contributed by atoms with Gasteiger partial charge in [-0.15, -0.1) is 0 Å². The molecule has 0 saturated carbocycles. The zero-order valence-electron chi connectivity index (χ0n) is 16.0. The van der Waals surface area contributed by atoms with Gasteiger partial charge in [0.05, 0.1) is 12.8 Å². The maximum absolute atomic E-state index is 12.2. The minimum atomic E-state index is -0.985. The zero-order valence-corrected chi connectivity index (χ0v) is 17.5. The summed E-state index contributed by atoms with van der Waals surface area (Å²) in [5.41, 5.74) is 1.49. The summed E-state index contributed by atoms with van der Waals surface area (Å²) < 4.78 is 0. The first kappa shape index (κ1) is 23.5. The van der Waals surface area contributed by atoms with Crippen LogP contribution in [0.2, 0.25) is 10.0 Å². The fraction of sp³-hybridized carbons (Fsp3) is 0.286. The quantitative estimate of drug-likeness (QED) is 0.432. The van der Waals surface area contributed by atoms with Gasteiger partial charge in [0, 0.05) is 35.0 Å². The van der Waals surface area contributed by atoms with E-state index in [0.29, 0.717) is 10.0 Å². The third-order valence-corrected chi connectivity index (χ3v) is 5.05. The third-order valence-electron chi connectivity index (χ3n) is 4.54. The van der Waals surface area contributed by atoms with Crippen molar-refractivity contribution in [1.29, 1.82) is 0 Å². The molecule has 2 aromatic rings. The molecule has 0 radical (unpaired) electrons. The monoisotopic (exact) mass is 452 g/mol. The van der Waals surface area contributed by atoms with Crippen molar-refractivity contribution in [3.05, 3.63) is 69.7 Å². The summed E-state index contributed by atoms with van der Waals surface area (Å²) in [6.07, 6.45) is -0.317. The van der Waals surface area contributed by atoms with Gasteiger partial charge in [0.15, 0.2) is 0 Å². The molecule has 2 aromatic carbocycles. The van der Waals surface area contributed by atoms with E-state index in [2.05, 4.69) is 10.6 Å². The van der Waals surface area contributed by atoms with Crippen molar-refractivity contribution >= 4 is 41.2 Å². The number of benzene rings is 2. The summed E-state index contributed by atoms with van der Waals surface area (Å²) in [5, 5.41) is 24.7. The largest absolute Gasteiger partial charge is 0.481 e. The molecule has 0 aliphatic carbocycles. The number of hydrogen-bond donors (Lipinski definition) is 4. The number of hydrogen-bond acceptors (Lipinski definition) is 3. The molecule has 0 saturated heterocycles. The summed E-state index contributed by atoms with van der Waals surface area (Å²) in [7, 11) is 0. The number of carboxylic acid groups (broad SMARTS) is 2. The van der Waals surface area contributed by atoms with Gasteiger partial charge in [-0.05, 0) is 35.4 Å². The molecule has 0 spiro atoms. The smallest absolute Gasteiger partial charge is 0.314 e. The molecule has 0 aliphatic heterocycles. The lowest BCUT2D eigenvalue weighted by Gasteiger charge is -2.19. The van der Waals surface area contributed by atoms with E-state index in [-0.39, 0.29) is 25.9 Å². The minimum absolute atomic E-state index is 0.101. The molecular formula is C21H22Cl2N2O5. The number of carbonyl (C=O) groups is 3. The lowest BCUT2D eigenvalue weighted by molar-refractivity contribution is -0.138. The molecule has 2 atom stereocenters. The highest BCUT2D eigenvalue weighted by atomic mass is 35.5. The molecule has 7 nitrogen and oxygen atoms in total. The van der Waals surface area contributed by atoms with Crippen LogP contribution in [0.25, 0.3) is 0 Å². The first-order valence-electron chi connectivity index (χ1n) is 9.20. The lowest BCUT2D eigenvalue weighted by atomic mass is 9.95. The average molecular weight is 453 g/mol. The first-order valence-corrected chi connectivity index (χ1v) is 9.96. The number of halogens is 2. The van der Waals surface area contributed by atoms with Gasteiger partial charge in [0.2, 0.25) is 0 Å². The van der Waals surface area contributed by atoms with Crippen molar-refractivity contribution in [2.75, 3.05) is 13.1 Å². The number of amides is 2. The fourth-order valence-corrected chi connectivity index (χ4v) is 3.25. The molecule has 0 aromatic heterocycles. The molecule has 4 N–H and O–H groups in total. The second-order valence-corrected chi connectivity index (χ2v) is 7.66. The first-order chi connectivity index (χ1) is 14.2. The van der Waals surface area contributed by atoms with E-state index in [1.165, 1.54) is 0 Å². The normalized spacial score (nSPS) is 12.6. The van der Waals surface area contributed by atoms with Crippen molar-refractivity contribution in [3.8, 4) is 0 Å². The molecular weight excluding hydrogens is 431 g/mol. The third kappa shape index (κ3) is 7.93. The Labute approximate surface area is 184 Å². The second-order valence-electron chi connectivity index (χ2n) is 6.78. The van der Waals surface area contributed by atoms with E-state index >= 15 is 0 Å². The molecule has 0 fully saturated rings. The van der Waals surface area contributed by atoms with Crippen molar-refractivity contribution in [2.24, 2.45) is 0 Å². The van der Waals surface area contributed by atoms with Gasteiger partial charge in [-0.3, -0.25) is 9.59 Å². The maximum Gasteiger partial charge on any atom is 0.314 e. The Balaban J connectivity index is 1.95. The van der Waals surface area contributed by atoms with Crippen LogP contribution in [0.4, 0.5) is 4.79 Å². The number of urea groups is 1. The Hall–Kier alpha value is -2.77. The highest BCUT2D eigenvalue weighted by Gasteiger charge is 2.19. The molecule has 30 heavy (non-hydrogen) atoms. The summed E-state index contributed by atoms with van der Waals surface area (Å²) >= 11 is 11.7. The molecule has 0 heterocycles. The fourth-order valence-electron chi connectivity index (χ4n) is 3.00. The molecule has 2 unspecified atom stereocenters. The van der Waals surface area contributed by atoms with Crippen LogP contribution < -0.4 is 10.6 Å². The van der Waals surface area contributed by atoms with Crippen LogP contribution in [0, 0.1) is 0 Å². The van der Waals surface area contributed by atoms with E-state index in [1.54, 1.807) is 48.5 Å². The number of nitrogens with one attached hydrogen (secondary N) is 2. The van der Waals surface area contributed by atoms with Crippen LogP contribution in [0.15, 0.2) is 48.5 Å². The Morgan fingerprint density at radius 3 is 1.33 bits per heavy atom. The molecule has 0 aliphatic rings. The van der Waals surface area contributed by atoms with Crippen molar-refractivity contribution in [3.63, 3.8) is 0 Å². The lowest BCUT2D eigenvalue weighted by Crippen LogP contribution is -2.40. The predicted molar refractivity (Wildman–Crippen MR) is 114 cm³/mol. The van der Waals surface area contributed by atoms with Crippen molar-refractivity contribution in [1.82, 2.24) is 10.6 Å². The molecule has 9 heteroatoms. The maximum atomic E-state index is 12.2. The Kier molecular flexibility index (Phi) is 8.95. The summed E-state index contributed by atoms with van der Waals surface area (Å²) in [5.74, 6) is -2.84. The van der Waals surface area contributed by atoms with Gasteiger partial charge >= 0.3 is 18.0 Å². The SMILES string of the molecule is O=C(O)CC(CNC(=O)NCC(CC(=O)O)c1ccc(Cl)cc1)c1ccc(Cl)cc1. The predicted octanol–water partition coefficient (Wildman–Crippen LogP) is 4.11. The summed E-state index contributed by atoms with van der Waals surface area (Å²) in [4.78, 5) is 34.6. The number of rotatable bonds is 10. The minimum Gasteiger partial charge on any atom is -0.481 e. The second kappa shape index (κ2) is 11.4. The molecule has 2 amide bonds. The van der Waals surface area contributed by atoms with Crippen LogP contribution in [0.3, 0.4) is 0 Å². The van der Waals surface area contributed by atoms with E-state index < -0.39 is 29.8 Å². The molecule has 160 valence electrons. The van der Waals surface area contributed by atoms with Crippen LogP contribution in [0.5, 0.6) is 0 Å². The number of carbonyl (C=O) groups excluding carboxylic acids is 1. The van der Waals surface area contributed by atoms with Gasteiger partial charge in [-0.1, -0.05) is 47.5 Å². The average Bonchev–Trinajstić information content (AvgIpc) is 2.69. The topological polar surface area (TPSA) is 116 Å². The summed E-state index contributed by atoms with van der Waals surface area (Å²) in [6, 6.07) is 13.0. The zero-order chi connectivity index (χ0) is 22.1. The van der Waals surface area contributed by atoms with Gasteiger partial charge in [-0.25, -0.2) is 4.79 Å². The van der Waals surface area contributed by atoms with E-state index in [1.807, 2.05) is 0 Å². The standard InChI is InChI=1S/C21H22Cl2N2O5/c22-17-5-1-13(2-6-17)15(9-19(26)27)11-24-21(30)25-12-16(10-20(28)29)14-3-7-18(23)8-4-14/h1-8,15-16H,9-12H2,(H,26,27)(H,28,29)(H2,24,25,30). The Bertz CT molecular complexity index is 800. The van der Waals surface area contributed by atoms with Gasteiger partial charge in [0.25, 0.3) is 0 Å². The van der Waals surface area contributed by atoms with Crippen LogP contribution >= 0.6 is 23.2 Å². The van der Waals surface area contributed by atoms with Gasteiger partial charge < -0.3 is 20.8 Å². The van der Waals surface area contributed by atoms with Crippen molar-refractivity contribution in [2.45, 2.75) is 24.7 Å².